The Hall–Kier alpha value is -1.05. The molecule has 0 aromatic heterocycles. The van der Waals surface area contributed by atoms with Gasteiger partial charge in [-0.3, -0.25) is 0 Å². The molecule has 1 fully saturated rings. The summed E-state index contributed by atoms with van der Waals surface area (Å²) in [6.07, 6.45) is 3.28. The van der Waals surface area contributed by atoms with Crippen LogP contribution in [0.5, 0.6) is 5.75 Å². The molecule has 3 nitrogen and oxygen atoms in total. The van der Waals surface area contributed by atoms with E-state index in [-0.39, 0.29) is 12.1 Å². The summed E-state index contributed by atoms with van der Waals surface area (Å²) in [5.41, 5.74) is 6.55. The molecule has 0 saturated heterocycles. The van der Waals surface area contributed by atoms with Gasteiger partial charge in [-0.05, 0) is 53.4 Å². The summed E-state index contributed by atoms with van der Waals surface area (Å²) >= 11 is 3.34. The molecule has 2 rings (SSSR count). The second-order valence-electron chi connectivity index (χ2n) is 4.00. The number of ether oxygens (including phenoxy) is 1. The maximum atomic E-state index is 8.79. The molecule has 0 amide bonds. The molecule has 1 aromatic rings. The third-order valence-corrected chi connectivity index (χ3v) is 3.51. The summed E-state index contributed by atoms with van der Waals surface area (Å²) in [7, 11) is 0. The van der Waals surface area contributed by atoms with Crippen molar-refractivity contribution in [3.05, 3.63) is 28.2 Å². The van der Waals surface area contributed by atoms with Gasteiger partial charge in [-0.1, -0.05) is 0 Å². The van der Waals surface area contributed by atoms with Gasteiger partial charge >= 0.3 is 0 Å². The lowest BCUT2D eigenvalue weighted by Gasteiger charge is -2.18. The van der Waals surface area contributed by atoms with E-state index in [0.29, 0.717) is 5.56 Å². The summed E-state index contributed by atoms with van der Waals surface area (Å²) in [6, 6.07) is 7.62. The minimum absolute atomic E-state index is 0.111. The minimum Gasteiger partial charge on any atom is -0.489 e. The zero-order chi connectivity index (χ0) is 11.5. The number of rotatable bonds is 2. The Morgan fingerprint density at radius 1 is 1.44 bits per heavy atom. The van der Waals surface area contributed by atoms with Crippen molar-refractivity contribution >= 4 is 15.9 Å². The van der Waals surface area contributed by atoms with E-state index < -0.39 is 0 Å². The number of hydrogen-bond donors (Lipinski definition) is 1. The number of halogens is 1. The molecule has 4 heteroatoms. The fourth-order valence-corrected chi connectivity index (χ4v) is 2.38. The summed E-state index contributed by atoms with van der Waals surface area (Å²) in [4.78, 5) is 0. The lowest BCUT2D eigenvalue weighted by atomic mass is 10.2. The standard InChI is InChI=1S/C12H13BrN2O/c13-10-6-9(5-4-8(10)7-14)16-12-3-1-2-11(12)15/h4-6,11-12H,1-3,15H2. The van der Waals surface area contributed by atoms with Crippen LogP contribution in [0.15, 0.2) is 22.7 Å². The fourth-order valence-electron chi connectivity index (χ4n) is 1.94. The molecule has 1 saturated carbocycles. The molecule has 0 radical (unpaired) electrons. The van der Waals surface area contributed by atoms with Crippen molar-refractivity contribution in [1.82, 2.24) is 0 Å². The summed E-state index contributed by atoms with van der Waals surface area (Å²) in [5.74, 6) is 0.772. The molecule has 0 bridgehead atoms. The molecule has 2 unspecified atom stereocenters. The van der Waals surface area contributed by atoms with E-state index in [9.17, 15) is 0 Å². The van der Waals surface area contributed by atoms with Crippen LogP contribution in [0.1, 0.15) is 24.8 Å². The van der Waals surface area contributed by atoms with Gasteiger partial charge in [0.1, 0.15) is 17.9 Å². The van der Waals surface area contributed by atoms with Gasteiger partial charge in [0.2, 0.25) is 0 Å². The third-order valence-electron chi connectivity index (χ3n) is 2.85. The van der Waals surface area contributed by atoms with Crippen LogP contribution in [0, 0.1) is 11.3 Å². The first-order valence-corrected chi connectivity index (χ1v) is 6.12. The SMILES string of the molecule is N#Cc1ccc(OC2CCCC2N)cc1Br. The van der Waals surface area contributed by atoms with Crippen LogP contribution in [0.2, 0.25) is 0 Å². The fraction of sp³-hybridized carbons (Fsp3) is 0.417. The lowest BCUT2D eigenvalue weighted by molar-refractivity contribution is 0.191. The van der Waals surface area contributed by atoms with Crippen LogP contribution in [0.4, 0.5) is 0 Å². The van der Waals surface area contributed by atoms with Crippen molar-refractivity contribution in [2.75, 3.05) is 0 Å². The minimum atomic E-state index is 0.111. The van der Waals surface area contributed by atoms with Crippen LogP contribution in [-0.4, -0.2) is 12.1 Å². The molecule has 16 heavy (non-hydrogen) atoms. The Kier molecular flexibility index (Phi) is 3.47. The highest BCUT2D eigenvalue weighted by atomic mass is 79.9. The second-order valence-corrected chi connectivity index (χ2v) is 4.86. The van der Waals surface area contributed by atoms with Crippen molar-refractivity contribution in [3.63, 3.8) is 0 Å². The monoisotopic (exact) mass is 280 g/mol. The predicted molar refractivity (Wildman–Crippen MR) is 65.1 cm³/mol. The average molecular weight is 281 g/mol. The Bertz CT molecular complexity index is 428. The lowest BCUT2D eigenvalue weighted by Crippen LogP contribution is -2.33. The molecule has 0 aliphatic heterocycles. The Morgan fingerprint density at radius 3 is 2.81 bits per heavy atom. The molecule has 1 aliphatic carbocycles. The van der Waals surface area contributed by atoms with E-state index >= 15 is 0 Å². The van der Waals surface area contributed by atoms with E-state index in [0.717, 1.165) is 29.5 Å². The van der Waals surface area contributed by atoms with Gasteiger partial charge < -0.3 is 10.5 Å². The first-order chi connectivity index (χ1) is 7.70. The van der Waals surface area contributed by atoms with Crippen LogP contribution in [0.25, 0.3) is 0 Å². The number of hydrogen-bond acceptors (Lipinski definition) is 3. The molecule has 1 aliphatic rings. The van der Waals surface area contributed by atoms with Gasteiger partial charge in [0.25, 0.3) is 0 Å². The van der Waals surface area contributed by atoms with Crippen LogP contribution < -0.4 is 10.5 Å². The number of nitriles is 1. The average Bonchev–Trinajstić information content (AvgIpc) is 2.65. The van der Waals surface area contributed by atoms with Crippen molar-refractivity contribution in [1.29, 1.82) is 5.26 Å². The Morgan fingerprint density at radius 2 is 2.25 bits per heavy atom. The highest BCUT2D eigenvalue weighted by Crippen LogP contribution is 2.27. The molecule has 1 aromatic carbocycles. The molecule has 2 N–H and O–H groups in total. The van der Waals surface area contributed by atoms with Crippen molar-refractivity contribution in [3.8, 4) is 11.8 Å². The topological polar surface area (TPSA) is 59.0 Å². The normalized spacial score (nSPS) is 24.1. The van der Waals surface area contributed by atoms with Crippen LogP contribution in [0.3, 0.4) is 0 Å². The molecule has 0 spiro atoms. The zero-order valence-electron chi connectivity index (χ0n) is 8.82. The molecule has 2 atom stereocenters. The smallest absolute Gasteiger partial charge is 0.121 e. The number of nitrogens with two attached hydrogens (primary N) is 1. The molecular formula is C12H13BrN2O. The zero-order valence-corrected chi connectivity index (χ0v) is 10.4. The van der Waals surface area contributed by atoms with Crippen molar-refractivity contribution in [2.24, 2.45) is 5.73 Å². The first kappa shape index (κ1) is 11.4. The molecule has 0 heterocycles. The van der Waals surface area contributed by atoms with Gasteiger partial charge in [-0.15, -0.1) is 0 Å². The maximum absolute atomic E-state index is 8.79. The largest absolute Gasteiger partial charge is 0.489 e. The van der Waals surface area contributed by atoms with Gasteiger partial charge in [0.15, 0.2) is 0 Å². The summed E-state index contributed by atoms with van der Waals surface area (Å²) in [6.45, 7) is 0. The number of benzene rings is 1. The van der Waals surface area contributed by atoms with E-state index in [2.05, 4.69) is 22.0 Å². The second kappa shape index (κ2) is 4.86. The van der Waals surface area contributed by atoms with Gasteiger partial charge in [0, 0.05) is 10.5 Å². The highest BCUT2D eigenvalue weighted by Gasteiger charge is 2.25. The third kappa shape index (κ3) is 2.37. The summed E-state index contributed by atoms with van der Waals surface area (Å²) in [5, 5.41) is 8.79. The van der Waals surface area contributed by atoms with Crippen LogP contribution in [-0.2, 0) is 0 Å². The maximum Gasteiger partial charge on any atom is 0.121 e. The first-order valence-electron chi connectivity index (χ1n) is 5.32. The van der Waals surface area contributed by atoms with E-state index in [1.807, 2.05) is 12.1 Å². The summed E-state index contributed by atoms with van der Waals surface area (Å²) < 4.78 is 6.57. The van der Waals surface area contributed by atoms with Gasteiger partial charge in [-0.25, -0.2) is 0 Å². The highest BCUT2D eigenvalue weighted by molar-refractivity contribution is 9.10. The molecule has 84 valence electrons. The van der Waals surface area contributed by atoms with Crippen LogP contribution >= 0.6 is 15.9 Å². The molecular weight excluding hydrogens is 268 g/mol. The van der Waals surface area contributed by atoms with E-state index in [1.54, 1.807) is 6.07 Å². The Balaban J connectivity index is 2.11. The van der Waals surface area contributed by atoms with Gasteiger partial charge in [0.05, 0.1) is 5.56 Å². The quantitative estimate of drug-likeness (QED) is 0.906. The van der Waals surface area contributed by atoms with E-state index in [1.165, 1.54) is 0 Å². The van der Waals surface area contributed by atoms with E-state index in [4.69, 9.17) is 15.7 Å². The Labute approximate surface area is 103 Å². The number of nitrogens with zero attached hydrogens (tertiary/aromatic N) is 1. The van der Waals surface area contributed by atoms with Gasteiger partial charge in [-0.2, -0.15) is 5.26 Å². The van der Waals surface area contributed by atoms with Crippen molar-refractivity contribution < 1.29 is 4.74 Å². The van der Waals surface area contributed by atoms with Crippen molar-refractivity contribution in [2.45, 2.75) is 31.4 Å². The predicted octanol–water partition coefficient (Wildman–Crippen LogP) is 2.58.